The molecule has 0 radical (unpaired) electrons. The number of piperidine rings is 1. The molecular formula is C30H32Cl2N4O5S. The van der Waals surface area contributed by atoms with Crippen molar-refractivity contribution in [3.63, 3.8) is 0 Å². The monoisotopic (exact) mass is 630 g/mol. The van der Waals surface area contributed by atoms with Gasteiger partial charge in [0.1, 0.15) is 45.5 Å². The fourth-order valence-corrected chi connectivity index (χ4v) is 6.17. The highest BCUT2D eigenvalue weighted by Crippen LogP contribution is 2.39. The van der Waals surface area contributed by atoms with Crippen LogP contribution < -0.4 is 15.2 Å². The van der Waals surface area contributed by atoms with E-state index in [0.717, 1.165) is 16.0 Å². The third-order valence-electron chi connectivity index (χ3n) is 6.78. The summed E-state index contributed by atoms with van der Waals surface area (Å²) in [7, 11) is 0. The fraction of sp³-hybridized carbons (Fsp3) is 0.367. The number of likely N-dealkylation sites (tertiary alicyclic amines) is 1. The minimum atomic E-state index is -0.596. The van der Waals surface area contributed by atoms with E-state index in [9.17, 15) is 9.59 Å². The molecule has 1 aliphatic rings. The van der Waals surface area contributed by atoms with Gasteiger partial charge in [-0.2, -0.15) is 0 Å². The summed E-state index contributed by atoms with van der Waals surface area (Å²) >= 11 is 14.1. The van der Waals surface area contributed by atoms with E-state index >= 15 is 0 Å². The van der Waals surface area contributed by atoms with E-state index in [0.29, 0.717) is 53.0 Å². The average Bonchev–Trinajstić information content (AvgIpc) is 3.53. The molecule has 1 saturated heterocycles. The number of carbonyl (C=O) groups is 2. The molecule has 0 spiro atoms. The van der Waals surface area contributed by atoms with Gasteiger partial charge in [0.2, 0.25) is 0 Å². The first-order valence-corrected chi connectivity index (χ1v) is 15.1. The number of rotatable bonds is 7. The number of hydrogen-bond donors (Lipinski definition) is 1. The van der Waals surface area contributed by atoms with Crippen molar-refractivity contribution < 1.29 is 23.8 Å². The molecule has 12 heteroatoms. The van der Waals surface area contributed by atoms with Crippen molar-refractivity contribution in [1.29, 1.82) is 0 Å². The molecule has 1 fully saturated rings. The number of primary amides is 1. The number of amides is 2. The highest BCUT2D eigenvalue weighted by atomic mass is 35.5. The van der Waals surface area contributed by atoms with Gasteiger partial charge in [-0.1, -0.05) is 35.3 Å². The van der Waals surface area contributed by atoms with Crippen molar-refractivity contribution in [2.45, 2.75) is 58.3 Å². The zero-order chi connectivity index (χ0) is 30.2. The predicted octanol–water partition coefficient (Wildman–Crippen LogP) is 7.41. The minimum Gasteiger partial charge on any atom is -0.489 e. The maximum absolute atomic E-state index is 12.4. The number of thiophene rings is 1. The number of aromatic nitrogens is 2. The van der Waals surface area contributed by atoms with E-state index in [2.05, 4.69) is 4.98 Å². The lowest BCUT2D eigenvalue weighted by atomic mass is 10.1. The van der Waals surface area contributed by atoms with Crippen LogP contribution in [0.2, 0.25) is 10.0 Å². The number of ether oxygens (including phenoxy) is 3. The van der Waals surface area contributed by atoms with E-state index in [1.165, 1.54) is 11.3 Å². The molecule has 2 amide bonds. The van der Waals surface area contributed by atoms with Gasteiger partial charge in [0.15, 0.2) is 0 Å². The maximum atomic E-state index is 12.4. The fourth-order valence-electron chi connectivity index (χ4n) is 4.75. The summed E-state index contributed by atoms with van der Waals surface area (Å²) < 4.78 is 19.9. The zero-order valence-corrected chi connectivity index (χ0v) is 26.1. The Hall–Kier alpha value is -3.47. The van der Waals surface area contributed by atoms with Crippen LogP contribution in [-0.2, 0) is 4.74 Å². The summed E-state index contributed by atoms with van der Waals surface area (Å²) in [5.74, 6) is 0.287. The van der Waals surface area contributed by atoms with Gasteiger partial charge < -0.3 is 24.8 Å². The van der Waals surface area contributed by atoms with Crippen molar-refractivity contribution in [3.05, 3.63) is 69.3 Å². The number of fused-ring (bicyclic) bond motifs is 1. The second kappa shape index (κ2) is 12.0. The van der Waals surface area contributed by atoms with Crippen LogP contribution in [-0.4, -0.2) is 51.2 Å². The van der Waals surface area contributed by atoms with Crippen LogP contribution in [0.1, 0.15) is 61.9 Å². The smallest absolute Gasteiger partial charge is 0.410 e. The Morgan fingerprint density at radius 2 is 1.83 bits per heavy atom. The van der Waals surface area contributed by atoms with Crippen molar-refractivity contribution in [2.24, 2.45) is 5.73 Å². The lowest BCUT2D eigenvalue weighted by molar-refractivity contribution is 0.0126. The Bertz CT molecular complexity index is 1620. The first-order valence-electron chi connectivity index (χ1n) is 13.6. The zero-order valence-electron chi connectivity index (χ0n) is 23.7. The van der Waals surface area contributed by atoms with Gasteiger partial charge >= 0.3 is 6.09 Å². The Balaban J connectivity index is 1.29. The molecule has 1 unspecified atom stereocenters. The Labute approximate surface area is 258 Å². The molecule has 2 aromatic heterocycles. The van der Waals surface area contributed by atoms with E-state index in [1.54, 1.807) is 29.4 Å². The highest BCUT2D eigenvalue weighted by Gasteiger charge is 2.29. The number of imidazole rings is 1. The summed E-state index contributed by atoms with van der Waals surface area (Å²) in [6, 6.07) is 12.7. The number of nitrogens with zero attached hydrogens (tertiary/aromatic N) is 3. The van der Waals surface area contributed by atoms with Crippen LogP contribution in [0.4, 0.5) is 4.79 Å². The molecule has 3 heterocycles. The quantitative estimate of drug-likeness (QED) is 0.228. The Morgan fingerprint density at radius 3 is 2.52 bits per heavy atom. The van der Waals surface area contributed by atoms with Gasteiger partial charge in [-0.05, 0) is 52.0 Å². The number of carbonyl (C=O) groups excluding carboxylic acids is 2. The summed E-state index contributed by atoms with van der Waals surface area (Å²) in [5.41, 5.74) is 7.44. The second-order valence-corrected chi connectivity index (χ2v) is 12.9. The molecule has 4 aromatic rings. The second-order valence-electron chi connectivity index (χ2n) is 11.1. The summed E-state index contributed by atoms with van der Waals surface area (Å²) in [6.07, 6.45) is 2.04. The van der Waals surface area contributed by atoms with Crippen LogP contribution in [0.3, 0.4) is 0 Å². The molecule has 1 aliphatic heterocycles. The first-order chi connectivity index (χ1) is 19.9. The van der Waals surface area contributed by atoms with Crippen LogP contribution in [0.25, 0.3) is 16.0 Å². The van der Waals surface area contributed by atoms with Gasteiger partial charge in [-0.3, -0.25) is 9.36 Å². The lowest BCUT2D eigenvalue weighted by Crippen LogP contribution is -2.44. The van der Waals surface area contributed by atoms with Crippen molar-refractivity contribution >= 4 is 57.6 Å². The largest absolute Gasteiger partial charge is 0.489 e. The number of halogens is 2. The molecular weight excluding hydrogens is 599 g/mol. The highest BCUT2D eigenvalue weighted by molar-refractivity contribution is 7.16. The standard InChI is InChI=1S/C30H32Cl2N4O5S/c1-17(39-24-15-25(42-27(24)28(33)37)36-16-34-21-14-18(31)8-9-22(21)36)20-6-5-7-23(26(20)32)40-19-10-12-35(13-11-19)29(38)41-30(2,3)4/h5-9,14-17,19H,10-13H2,1-4H3,(H2,33,37). The third-order valence-corrected chi connectivity index (χ3v) is 8.55. The lowest BCUT2D eigenvalue weighted by Gasteiger charge is -2.33. The van der Waals surface area contributed by atoms with Crippen LogP contribution in [0.15, 0.2) is 48.8 Å². The molecule has 0 aliphatic carbocycles. The average molecular weight is 632 g/mol. The van der Waals surface area contributed by atoms with E-state index < -0.39 is 17.6 Å². The maximum Gasteiger partial charge on any atom is 0.410 e. The van der Waals surface area contributed by atoms with Gasteiger partial charge in [-0.15, -0.1) is 11.3 Å². The molecule has 1 atom stereocenters. The summed E-state index contributed by atoms with van der Waals surface area (Å²) in [6.45, 7) is 8.47. The Morgan fingerprint density at radius 1 is 1.10 bits per heavy atom. The third kappa shape index (κ3) is 6.61. The Kier molecular flexibility index (Phi) is 8.59. The first kappa shape index (κ1) is 30.0. The molecule has 42 heavy (non-hydrogen) atoms. The SMILES string of the molecule is CC(Oc1cc(-n2cnc3cc(Cl)ccc32)sc1C(N)=O)c1cccc(OC2CCN(C(=O)OC(C)(C)C)CC2)c1Cl. The topological polar surface area (TPSA) is 109 Å². The van der Waals surface area contributed by atoms with E-state index in [4.69, 9.17) is 43.1 Å². The minimum absolute atomic E-state index is 0.103. The van der Waals surface area contributed by atoms with Gasteiger partial charge in [-0.25, -0.2) is 9.78 Å². The van der Waals surface area contributed by atoms with E-state index in [1.807, 2.05) is 56.5 Å². The van der Waals surface area contributed by atoms with Crippen LogP contribution in [0, 0.1) is 0 Å². The van der Waals surface area contributed by atoms with Crippen molar-refractivity contribution in [3.8, 4) is 16.5 Å². The van der Waals surface area contributed by atoms with Crippen molar-refractivity contribution in [1.82, 2.24) is 14.5 Å². The van der Waals surface area contributed by atoms with Crippen molar-refractivity contribution in [2.75, 3.05) is 13.1 Å². The normalized spacial score (nSPS) is 15.0. The summed E-state index contributed by atoms with van der Waals surface area (Å²) in [4.78, 5) is 31.1. The van der Waals surface area contributed by atoms with Crippen LogP contribution in [0.5, 0.6) is 11.5 Å². The number of benzene rings is 2. The number of nitrogens with two attached hydrogens (primary N) is 1. The molecule has 0 saturated carbocycles. The van der Waals surface area contributed by atoms with E-state index in [-0.39, 0.29) is 17.1 Å². The van der Waals surface area contributed by atoms with Gasteiger partial charge in [0.25, 0.3) is 5.91 Å². The molecule has 9 nitrogen and oxygen atoms in total. The van der Waals surface area contributed by atoms with Gasteiger partial charge in [0.05, 0.1) is 16.1 Å². The molecule has 222 valence electrons. The number of hydrogen-bond acceptors (Lipinski definition) is 7. The molecule has 2 aromatic carbocycles. The molecule has 5 rings (SSSR count). The molecule has 0 bridgehead atoms. The van der Waals surface area contributed by atoms with Gasteiger partial charge in [0, 0.05) is 42.6 Å². The molecule has 2 N–H and O–H groups in total. The van der Waals surface area contributed by atoms with Crippen LogP contribution >= 0.6 is 34.5 Å². The summed E-state index contributed by atoms with van der Waals surface area (Å²) in [5, 5.41) is 1.73. The predicted molar refractivity (Wildman–Crippen MR) is 164 cm³/mol.